The Morgan fingerprint density at radius 3 is 2.94 bits per heavy atom. The van der Waals surface area contributed by atoms with E-state index in [-0.39, 0.29) is 5.75 Å². The summed E-state index contributed by atoms with van der Waals surface area (Å²) in [6.07, 6.45) is 3.64. The van der Waals surface area contributed by atoms with Crippen LogP contribution in [-0.2, 0) is 4.79 Å². The van der Waals surface area contributed by atoms with Crippen LogP contribution in [0, 0.1) is 0 Å². The second-order valence-corrected chi connectivity index (χ2v) is 3.20. The van der Waals surface area contributed by atoms with Gasteiger partial charge in [0.15, 0.2) is 0 Å². The van der Waals surface area contributed by atoms with E-state index in [1.165, 1.54) is 6.20 Å². The zero-order chi connectivity index (χ0) is 11.4. The molecule has 2 rings (SSSR count). The molecule has 0 saturated carbocycles. The van der Waals surface area contributed by atoms with Crippen molar-refractivity contribution in [1.29, 1.82) is 0 Å². The van der Waals surface area contributed by atoms with E-state index in [9.17, 15) is 9.90 Å². The molecule has 0 atom stereocenters. The predicted octanol–water partition coefficient (Wildman–Crippen LogP) is 1.66. The zero-order valence-electron chi connectivity index (χ0n) is 8.42. The summed E-state index contributed by atoms with van der Waals surface area (Å²) in [5, 5.41) is 12.8. The van der Waals surface area contributed by atoms with Gasteiger partial charge in [0.25, 0.3) is 0 Å². The first-order valence-electron chi connectivity index (χ1n) is 4.76. The molecule has 0 unspecified atom stereocenters. The van der Waals surface area contributed by atoms with E-state index in [4.69, 9.17) is 0 Å². The summed E-state index contributed by atoms with van der Waals surface area (Å²) < 4.78 is 0. The number of aromatic hydroxyl groups is 1. The topological polar surface area (TPSA) is 62.2 Å². The lowest BCUT2D eigenvalue weighted by Gasteiger charge is -2.01. The number of pyridine rings is 1. The van der Waals surface area contributed by atoms with Crippen molar-refractivity contribution < 1.29 is 9.90 Å². The van der Waals surface area contributed by atoms with Crippen LogP contribution < -0.4 is 5.32 Å². The van der Waals surface area contributed by atoms with Gasteiger partial charge in [0, 0.05) is 17.7 Å². The van der Waals surface area contributed by atoms with Gasteiger partial charge in [-0.1, -0.05) is 12.1 Å². The number of aromatic nitrogens is 1. The number of fused-ring (bicyclic) bond motifs is 1. The van der Waals surface area contributed by atoms with Crippen LogP contribution in [0.15, 0.2) is 36.5 Å². The second kappa shape index (κ2) is 4.44. The SMILES string of the molecule is O=CNC=Cc1cc(O)c2ccccc2n1. The first kappa shape index (κ1) is 10.2. The van der Waals surface area contributed by atoms with Crippen molar-refractivity contribution in [3.05, 3.63) is 42.2 Å². The highest BCUT2D eigenvalue weighted by Gasteiger charge is 2.01. The molecule has 1 amide bonds. The van der Waals surface area contributed by atoms with Crippen LogP contribution >= 0.6 is 0 Å². The molecular formula is C12H10N2O2. The number of carbonyl (C=O) groups excluding carboxylic acids is 1. The molecule has 0 aliphatic heterocycles. The molecule has 0 fully saturated rings. The van der Waals surface area contributed by atoms with Gasteiger partial charge in [-0.15, -0.1) is 0 Å². The van der Waals surface area contributed by atoms with Gasteiger partial charge in [0.1, 0.15) is 5.75 Å². The molecule has 0 bridgehead atoms. The Balaban J connectivity index is 2.45. The van der Waals surface area contributed by atoms with E-state index < -0.39 is 0 Å². The van der Waals surface area contributed by atoms with Crippen LogP contribution in [0.5, 0.6) is 5.75 Å². The Morgan fingerprint density at radius 2 is 2.12 bits per heavy atom. The standard InChI is InChI=1S/C12H10N2O2/c15-8-13-6-5-9-7-12(16)10-3-1-2-4-11(10)14-9/h1-8H,(H,13,15)(H,14,16). The second-order valence-electron chi connectivity index (χ2n) is 3.20. The minimum absolute atomic E-state index is 0.177. The largest absolute Gasteiger partial charge is 0.507 e. The highest BCUT2D eigenvalue weighted by atomic mass is 16.3. The van der Waals surface area contributed by atoms with Gasteiger partial charge < -0.3 is 10.4 Å². The number of nitrogens with zero attached hydrogens (tertiary/aromatic N) is 1. The minimum Gasteiger partial charge on any atom is -0.507 e. The van der Waals surface area contributed by atoms with Gasteiger partial charge in [0.05, 0.1) is 11.2 Å². The van der Waals surface area contributed by atoms with E-state index in [1.807, 2.05) is 18.2 Å². The third-order valence-corrected chi connectivity index (χ3v) is 2.13. The fourth-order valence-corrected chi connectivity index (χ4v) is 1.44. The first-order chi connectivity index (χ1) is 7.81. The summed E-state index contributed by atoms with van der Waals surface area (Å²) in [4.78, 5) is 14.3. The summed E-state index contributed by atoms with van der Waals surface area (Å²) in [6, 6.07) is 8.86. The van der Waals surface area contributed by atoms with E-state index in [2.05, 4.69) is 10.3 Å². The molecule has 4 nitrogen and oxygen atoms in total. The molecule has 0 spiro atoms. The van der Waals surface area contributed by atoms with Crippen molar-refractivity contribution in [1.82, 2.24) is 10.3 Å². The lowest BCUT2D eigenvalue weighted by Crippen LogP contribution is -1.98. The predicted molar refractivity (Wildman–Crippen MR) is 61.6 cm³/mol. The van der Waals surface area contributed by atoms with Crippen LogP contribution in [0.4, 0.5) is 0 Å². The van der Waals surface area contributed by atoms with Gasteiger partial charge in [-0.3, -0.25) is 4.79 Å². The molecule has 1 heterocycles. The molecule has 0 radical (unpaired) electrons. The highest BCUT2D eigenvalue weighted by molar-refractivity contribution is 5.85. The van der Waals surface area contributed by atoms with Gasteiger partial charge in [-0.25, -0.2) is 4.98 Å². The van der Waals surface area contributed by atoms with Crippen LogP contribution in [0.2, 0.25) is 0 Å². The van der Waals surface area contributed by atoms with Crippen molar-refractivity contribution in [3.63, 3.8) is 0 Å². The number of benzene rings is 1. The molecule has 0 aliphatic carbocycles. The van der Waals surface area contributed by atoms with Crippen LogP contribution in [0.25, 0.3) is 17.0 Å². The minimum atomic E-state index is 0.177. The summed E-state index contributed by atoms with van der Waals surface area (Å²) in [5.41, 5.74) is 1.30. The fourth-order valence-electron chi connectivity index (χ4n) is 1.44. The van der Waals surface area contributed by atoms with Crippen molar-refractivity contribution >= 4 is 23.4 Å². The van der Waals surface area contributed by atoms with E-state index in [0.717, 1.165) is 0 Å². The van der Waals surface area contributed by atoms with E-state index in [0.29, 0.717) is 23.0 Å². The van der Waals surface area contributed by atoms with E-state index >= 15 is 0 Å². The molecule has 80 valence electrons. The summed E-state index contributed by atoms with van der Waals surface area (Å²) >= 11 is 0. The lowest BCUT2D eigenvalue weighted by atomic mass is 10.2. The number of amides is 1. The van der Waals surface area contributed by atoms with Gasteiger partial charge in [-0.2, -0.15) is 0 Å². The lowest BCUT2D eigenvalue weighted by molar-refractivity contribution is -0.108. The Bertz CT molecular complexity index is 550. The molecule has 2 aromatic rings. The number of para-hydroxylation sites is 1. The van der Waals surface area contributed by atoms with Crippen LogP contribution in [0.3, 0.4) is 0 Å². The fraction of sp³-hybridized carbons (Fsp3) is 0. The smallest absolute Gasteiger partial charge is 0.211 e. The summed E-state index contributed by atoms with van der Waals surface area (Å²) in [6.45, 7) is 0. The normalized spacial score (nSPS) is 10.8. The van der Waals surface area contributed by atoms with Crippen LogP contribution in [0.1, 0.15) is 5.69 Å². The van der Waals surface area contributed by atoms with Crippen molar-refractivity contribution in [2.75, 3.05) is 0 Å². The van der Waals surface area contributed by atoms with Gasteiger partial charge >= 0.3 is 0 Å². The monoisotopic (exact) mass is 214 g/mol. The van der Waals surface area contributed by atoms with Crippen LogP contribution in [-0.4, -0.2) is 16.5 Å². The number of carbonyl (C=O) groups is 1. The van der Waals surface area contributed by atoms with Gasteiger partial charge in [0.2, 0.25) is 6.41 Å². The maximum atomic E-state index is 10.0. The maximum absolute atomic E-state index is 10.0. The zero-order valence-corrected chi connectivity index (χ0v) is 8.42. The molecule has 2 N–H and O–H groups in total. The molecular weight excluding hydrogens is 204 g/mol. The maximum Gasteiger partial charge on any atom is 0.211 e. The van der Waals surface area contributed by atoms with Crippen molar-refractivity contribution in [3.8, 4) is 5.75 Å². The average Bonchev–Trinajstić information content (AvgIpc) is 2.30. The third kappa shape index (κ3) is 2.00. The Morgan fingerprint density at radius 1 is 1.31 bits per heavy atom. The van der Waals surface area contributed by atoms with Crippen molar-refractivity contribution in [2.45, 2.75) is 0 Å². The average molecular weight is 214 g/mol. The Labute approximate surface area is 92.2 Å². The number of nitrogens with one attached hydrogen (secondary N) is 1. The molecule has 0 aliphatic rings. The van der Waals surface area contributed by atoms with Gasteiger partial charge in [-0.05, 0) is 18.2 Å². The first-order valence-corrected chi connectivity index (χ1v) is 4.76. The highest BCUT2D eigenvalue weighted by Crippen LogP contribution is 2.23. The van der Waals surface area contributed by atoms with E-state index in [1.54, 1.807) is 18.2 Å². The Hall–Kier alpha value is -2.36. The molecule has 1 aromatic heterocycles. The third-order valence-electron chi connectivity index (χ3n) is 2.13. The number of rotatable bonds is 3. The summed E-state index contributed by atoms with van der Waals surface area (Å²) in [5.74, 6) is 0.177. The molecule has 0 saturated heterocycles. The summed E-state index contributed by atoms with van der Waals surface area (Å²) in [7, 11) is 0. The molecule has 1 aromatic carbocycles. The Kier molecular flexibility index (Phi) is 2.82. The number of hydrogen-bond acceptors (Lipinski definition) is 3. The molecule has 4 heteroatoms. The number of hydrogen-bond donors (Lipinski definition) is 2. The van der Waals surface area contributed by atoms with Crippen molar-refractivity contribution in [2.24, 2.45) is 0 Å². The quantitative estimate of drug-likeness (QED) is 0.764. The molecule has 16 heavy (non-hydrogen) atoms.